The van der Waals surface area contributed by atoms with Gasteiger partial charge in [-0.15, -0.1) is 0 Å². The van der Waals surface area contributed by atoms with E-state index < -0.39 is 11.9 Å². The Labute approximate surface area is 123 Å². The highest BCUT2D eigenvalue weighted by Crippen LogP contribution is 2.27. The van der Waals surface area contributed by atoms with Crippen molar-refractivity contribution < 1.29 is 19.5 Å². The number of amides is 3. The van der Waals surface area contributed by atoms with E-state index in [4.69, 9.17) is 10.8 Å². The summed E-state index contributed by atoms with van der Waals surface area (Å²) in [4.78, 5) is 36.0. The predicted octanol–water partition coefficient (Wildman–Crippen LogP) is 0.679. The van der Waals surface area contributed by atoms with E-state index in [9.17, 15) is 14.4 Å². The Bertz CT molecular complexity index is 420. The minimum atomic E-state index is -0.809. The number of carboxylic acid groups (broad SMARTS) is 1. The van der Waals surface area contributed by atoms with Gasteiger partial charge in [-0.05, 0) is 32.1 Å². The summed E-state index contributed by atoms with van der Waals surface area (Å²) in [6.45, 7) is -0.0778. The number of rotatable bonds is 5. The molecule has 4 N–H and O–H groups in total. The smallest absolute Gasteiger partial charge is 0.318 e. The topological polar surface area (TPSA) is 113 Å². The maximum atomic E-state index is 12.4. The van der Waals surface area contributed by atoms with Crippen LogP contribution in [-0.4, -0.2) is 46.5 Å². The van der Waals surface area contributed by atoms with Crippen molar-refractivity contribution in [1.29, 1.82) is 0 Å². The Morgan fingerprint density at radius 3 is 2.33 bits per heavy atom. The first-order chi connectivity index (χ1) is 9.97. The Hall–Kier alpha value is -1.79. The van der Waals surface area contributed by atoms with Gasteiger partial charge in [0.15, 0.2) is 0 Å². The van der Waals surface area contributed by atoms with Crippen molar-refractivity contribution in [2.45, 2.75) is 57.0 Å². The summed E-state index contributed by atoms with van der Waals surface area (Å²) < 4.78 is 0. The molecule has 21 heavy (non-hydrogen) atoms. The molecule has 0 bridgehead atoms. The molecule has 7 heteroatoms. The minimum absolute atomic E-state index is 0.0640. The number of nitrogens with one attached hydrogen (secondary N) is 1. The Balaban J connectivity index is 1.92. The highest BCUT2D eigenvalue weighted by atomic mass is 16.4. The lowest BCUT2D eigenvalue weighted by molar-refractivity contribution is -0.141. The van der Waals surface area contributed by atoms with Crippen LogP contribution >= 0.6 is 0 Å². The van der Waals surface area contributed by atoms with Crippen molar-refractivity contribution in [1.82, 2.24) is 10.2 Å². The summed E-state index contributed by atoms with van der Waals surface area (Å²) in [6, 6.07) is -0.360. The number of nitrogens with two attached hydrogens (primary N) is 1. The molecule has 2 atom stereocenters. The third kappa shape index (κ3) is 4.09. The standard InChI is InChI=1S/C14H23N3O4/c15-12(18)8-17(11-3-1-2-4-11)14(21)16-10-6-5-9(7-10)13(19)20/h9-11H,1-8H2,(H2,15,18)(H,16,21)(H,19,20). The van der Waals surface area contributed by atoms with Crippen LogP contribution in [0.1, 0.15) is 44.9 Å². The number of nitrogens with zero attached hydrogens (tertiary/aromatic N) is 1. The molecule has 3 amide bonds. The number of primary amides is 1. The van der Waals surface area contributed by atoms with Crippen molar-refractivity contribution in [2.24, 2.45) is 11.7 Å². The van der Waals surface area contributed by atoms with Crippen LogP contribution in [0.15, 0.2) is 0 Å². The second-order valence-corrected chi connectivity index (χ2v) is 6.03. The van der Waals surface area contributed by atoms with Gasteiger partial charge in [-0.25, -0.2) is 4.79 Å². The Kier molecular flexibility index (Phi) is 5.03. The molecule has 0 spiro atoms. The van der Waals surface area contributed by atoms with Crippen LogP contribution in [0.5, 0.6) is 0 Å². The van der Waals surface area contributed by atoms with Crippen LogP contribution in [0.25, 0.3) is 0 Å². The van der Waals surface area contributed by atoms with Gasteiger partial charge in [0.05, 0.1) is 5.92 Å². The fraction of sp³-hybridized carbons (Fsp3) is 0.786. The molecule has 0 aliphatic heterocycles. The molecule has 2 rings (SSSR count). The molecule has 118 valence electrons. The lowest BCUT2D eigenvalue weighted by atomic mass is 10.1. The van der Waals surface area contributed by atoms with Crippen molar-refractivity contribution in [3.63, 3.8) is 0 Å². The minimum Gasteiger partial charge on any atom is -0.481 e. The fourth-order valence-corrected chi connectivity index (χ4v) is 3.34. The van der Waals surface area contributed by atoms with Crippen LogP contribution in [-0.2, 0) is 9.59 Å². The maximum absolute atomic E-state index is 12.4. The second-order valence-electron chi connectivity index (χ2n) is 6.03. The molecular formula is C14H23N3O4. The van der Waals surface area contributed by atoms with Gasteiger partial charge in [0.2, 0.25) is 5.91 Å². The monoisotopic (exact) mass is 297 g/mol. The van der Waals surface area contributed by atoms with Crippen LogP contribution in [0.2, 0.25) is 0 Å². The molecule has 0 aromatic rings. The summed E-state index contributed by atoms with van der Waals surface area (Å²) in [7, 11) is 0. The summed E-state index contributed by atoms with van der Waals surface area (Å²) in [5, 5.41) is 11.8. The quantitative estimate of drug-likeness (QED) is 0.692. The van der Waals surface area contributed by atoms with Gasteiger partial charge in [-0.2, -0.15) is 0 Å². The Morgan fingerprint density at radius 1 is 1.14 bits per heavy atom. The summed E-state index contributed by atoms with van der Waals surface area (Å²) >= 11 is 0. The fourth-order valence-electron chi connectivity index (χ4n) is 3.34. The highest BCUT2D eigenvalue weighted by Gasteiger charge is 2.33. The lowest BCUT2D eigenvalue weighted by Gasteiger charge is -2.29. The van der Waals surface area contributed by atoms with Gasteiger partial charge in [-0.3, -0.25) is 9.59 Å². The van der Waals surface area contributed by atoms with Crippen LogP contribution in [0.4, 0.5) is 4.79 Å². The molecule has 0 saturated heterocycles. The number of urea groups is 1. The molecule has 0 aromatic carbocycles. The highest BCUT2D eigenvalue weighted by molar-refractivity contribution is 5.83. The zero-order valence-electron chi connectivity index (χ0n) is 12.1. The molecular weight excluding hydrogens is 274 g/mol. The van der Waals surface area contributed by atoms with Gasteiger partial charge in [0.1, 0.15) is 6.54 Å². The van der Waals surface area contributed by atoms with E-state index >= 15 is 0 Å². The average molecular weight is 297 g/mol. The molecule has 2 saturated carbocycles. The molecule has 0 radical (unpaired) electrons. The number of carbonyl (C=O) groups is 3. The number of carboxylic acids is 1. The Morgan fingerprint density at radius 2 is 1.81 bits per heavy atom. The third-order valence-electron chi connectivity index (χ3n) is 4.46. The van der Waals surface area contributed by atoms with E-state index in [1.54, 1.807) is 0 Å². The van der Waals surface area contributed by atoms with Crippen molar-refractivity contribution in [3.8, 4) is 0 Å². The number of aliphatic carboxylic acids is 1. The van der Waals surface area contributed by atoms with E-state index in [1.807, 2.05) is 0 Å². The third-order valence-corrected chi connectivity index (χ3v) is 4.46. The van der Waals surface area contributed by atoms with Gasteiger partial charge < -0.3 is 21.1 Å². The van der Waals surface area contributed by atoms with Crippen molar-refractivity contribution in [3.05, 3.63) is 0 Å². The van der Waals surface area contributed by atoms with Crippen LogP contribution in [0.3, 0.4) is 0 Å². The first-order valence-electron chi connectivity index (χ1n) is 7.55. The molecule has 7 nitrogen and oxygen atoms in total. The van der Waals surface area contributed by atoms with Gasteiger partial charge in [0, 0.05) is 12.1 Å². The van der Waals surface area contributed by atoms with Crippen LogP contribution in [0, 0.1) is 5.92 Å². The van der Waals surface area contributed by atoms with Gasteiger partial charge >= 0.3 is 12.0 Å². The van der Waals surface area contributed by atoms with E-state index in [0.717, 1.165) is 25.7 Å². The SMILES string of the molecule is NC(=O)CN(C(=O)NC1CCC(C(=O)O)C1)C1CCCC1. The predicted molar refractivity (Wildman–Crippen MR) is 75.5 cm³/mol. The largest absolute Gasteiger partial charge is 0.481 e. The van der Waals surface area contributed by atoms with Crippen LogP contribution < -0.4 is 11.1 Å². The first-order valence-corrected chi connectivity index (χ1v) is 7.55. The molecule has 2 fully saturated rings. The molecule has 0 heterocycles. The summed E-state index contributed by atoms with van der Waals surface area (Å²) in [5.41, 5.74) is 5.23. The second kappa shape index (κ2) is 6.78. The van der Waals surface area contributed by atoms with Gasteiger partial charge in [0.25, 0.3) is 0 Å². The summed E-state index contributed by atoms with van der Waals surface area (Å²) in [6.07, 6.45) is 5.59. The van der Waals surface area contributed by atoms with Crippen molar-refractivity contribution >= 4 is 17.9 Å². The van der Waals surface area contributed by atoms with E-state index in [0.29, 0.717) is 19.3 Å². The number of hydrogen-bond acceptors (Lipinski definition) is 3. The first kappa shape index (κ1) is 15.6. The molecule has 2 aliphatic rings. The van der Waals surface area contributed by atoms with Crippen molar-refractivity contribution in [2.75, 3.05) is 6.54 Å². The average Bonchev–Trinajstić information content (AvgIpc) is 3.06. The maximum Gasteiger partial charge on any atom is 0.318 e. The number of carbonyl (C=O) groups excluding carboxylic acids is 2. The molecule has 2 unspecified atom stereocenters. The number of hydrogen-bond donors (Lipinski definition) is 3. The lowest BCUT2D eigenvalue weighted by Crippen LogP contribution is -2.51. The van der Waals surface area contributed by atoms with E-state index in [1.165, 1.54) is 4.90 Å². The zero-order chi connectivity index (χ0) is 15.4. The normalized spacial score (nSPS) is 25.7. The van der Waals surface area contributed by atoms with E-state index in [-0.39, 0.29) is 30.6 Å². The molecule has 0 aromatic heterocycles. The molecule has 2 aliphatic carbocycles. The van der Waals surface area contributed by atoms with Gasteiger partial charge in [-0.1, -0.05) is 12.8 Å². The zero-order valence-corrected chi connectivity index (χ0v) is 12.1. The summed E-state index contributed by atoms with van der Waals surface area (Å²) in [5.74, 6) is -1.71. The van der Waals surface area contributed by atoms with E-state index in [2.05, 4.69) is 5.32 Å².